The van der Waals surface area contributed by atoms with Crippen LogP contribution in [0.5, 0.6) is 5.75 Å². The quantitative estimate of drug-likeness (QED) is 0.844. The van der Waals surface area contributed by atoms with Crippen LogP contribution >= 0.6 is 0 Å². The van der Waals surface area contributed by atoms with E-state index in [2.05, 4.69) is 24.0 Å². The van der Waals surface area contributed by atoms with Crippen LogP contribution in [0.4, 0.5) is 0 Å². The number of hydrogen-bond acceptors (Lipinski definition) is 3. The van der Waals surface area contributed by atoms with E-state index in [0.29, 0.717) is 6.42 Å². The van der Waals surface area contributed by atoms with E-state index in [-0.39, 0.29) is 17.9 Å². The molecule has 0 saturated heterocycles. The van der Waals surface area contributed by atoms with Crippen LogP contribution in [0.25, 0.3) is 0 Å². The second kappa shape index (κ2) is 6.69. The Bertz CT molecular complexity index is 709. The van der Waals surface area contributed by atoms with Crippen LogP contribution in [-0.4, -0.2) is 17.8 Å². The molecular formula is C20H21NO2. The lowest BCUT2D eigenvalue weighted by atomic mass is 9.93. The summed E-state index contributed by atoms with van der Waals surface area (Å²) >= 11 is 0. The molecule has 3 heteroatoms. The lowest BCUT2D eigenvalue weighted by molar-refractivity contribution is -0.116. The van der Waals surface area contributed by atoms with Gasteiger partial charge in [0.1, 0.15) is 5.75 Å². The van der Waals surface area contributed by atoms with Crippen LogP contribution in [-0.2, 0) is 4.79 Å². The molecule has 0 aromatic heterocycles. The number of rotatable bonds is 4. The fourth-order valence-corrected chi connectivity index (χ4v) is 3.15. The molecule has 2 aromatic carbocycles. The zero-order valence-corrected chi connectivity index (χ0v) is 13.5. The molecule has 0 spiro atoms. The Balaban J connectivity index is 1.99. The van der Waals surface area contributed by atoms with E-state index in [4.69, 9.17) is 4.74 Å². The van der Waals surface area contributed by atoms with Gasteiger partial charge in [0, 0.05) is 18.2 Å². The van der Waals surface area contributed by atoms with Crippen molar-refractivity contribution in [2.75, 3.05) is 7.11 Å². The molecule has 1 aliphatic rings. The van der Waals surface area contributed by atoms with Crippen molar-refractivity contribution in [1.82, 2.24) is 4.90 Å². The third-order valence-electron chi connectivity index (χ3n) is 4.41. The fraction of sp³-hybridized carbons (Fsp3) is 0.250. The van der Waals surface area contributed by atoms with E-state index in [1.54, 1.807) is 13.2 Å². The number of nitrogens with zero attached hydrogens (tertiary/aromatic N) is 1. The number of carbonyl (C=O) groups excluding carboxylic acids is 1. The van der Waals surface area contributed by atoms with Crippen LogP contribution < -0.4 is 4.74 Å². The lowest BCUT2D eigenvalue weighted by Gasteiger charge is -2.38. The average Bonchev–Trinajstić information content (AvgIpc) is 2.61. The molecule has 1 heterocycles. The van der Waals surface area contributed by atoms with E-state index in [0.717, 1.165) is 11.3 Å². The Kier molecular flexibility index (Phi) is 4.47. The normalized spacial score (nSPS) is 18.8. The summed E-state index contributed by atoms with van der Waals surface area (Å²) in [5.74, 6) is 0.975. The van der Waals surface area contributed by atoms with Gasteiger partial charge in [-0.1, -0.05) is 48.5 Å². The highest BCUT2D eigenvalue weighted by atomic mass is 16.5. The maximum absolute atomic E-state index is 12.0. The molecule has 0 amide bonds. The Labute approximate surface area is 137 Å². The van der Waals surface area contributed by atoms with Crippen molar-refractivity contribution in [3.8, 4) is 5.75 Å². The number of carbonyl (C=O) groups is 1. The van der Waals surface area contributed by atoms with Gasteiger partial charge in [-0.2, -0.15) is 0 Å². The van der Waals surface area contributed by atoms with Gasteiger partial charge in [-0.3, -0.25) is 4.79 Å². The highest BCUT2D eigenvalue weighted by Gasteiger charge is 2.29. The van der Waals surface area contributed by atoms with Gasteiger partial charge in [0.05, 0.1) is 19.2 Å². The highest BCUT2D eigenvalue weighted by molar-refractivity contribution is 5.91. The number of allylic oxidation sites excluding steroid dienone is 1. The molecule has 0 fully saturated rings. The van der Waals surface area contributed by atoms with Gasteiger partial charge in [-0.25, -0.2) is 0 Å². The summed E-state index contributed by atoms with van der Waals surface area (Å²) in [7, 11) is 1.67. The standard InChI is InChI=1S/C20H21NO2/c1-15(16-8-4-3-5-9-16)21-13-12-17(22)14-19(21)18-10-6-7-11-20(18)23-2/h3-13,15,19H,14H2,1-2H3/t15-,19-/m1/s1. The molecule has 2 atom stereocenters. The molecule has 0 bridgehead atoms. The van der Waals surface area contributed by atoms with E-state index in [9.17, 15) is 4.79 Å². The van der Waals surface area contributed by atoms with Crippen LogP contribution in [0, 0.1) is 0 Å². The van der Waals surface area contributed by atoms with Crippen molar-refractivity contribution >= 4 is 5.78 Å². The number of ketones is 1. The maximum atomic E-state index is 12.0. The summed E-state index contributed by atoms with van der Waals surface area (Å²) in [4.78, 5) is 14.2. The topological polar surface area (TPSA) is 29.5 Å². The minimum atomic E-state index is -0.0149. The molecular weight excluding hydrogens is 286 g/mol. The smallest absolute Gasteiger partial charge is 0.159 e. The van der Waals surface area contributed by atoms with Gasteiger partial charge in [0.25, 0.3) is 0 Å². The average molecular weight is 307 g/mol. The fourth-order valence-electron chi connectivity index (χ4n) is 3.15. The van der Waals surface area contributed by atoms with E-state index in [1.807, 2.05) is 48.7 Å². The second-order valence-electron chi connectivity index (χ2n) is 5.78. The molecule has 3 nitrogen and oxygen atoms in total. The number of benzene rings is 2. The first-order chi connectivity index (χ1) is 11.2. The van der Waals surface area contributed by atoms with Gasteiger partial charge in [0.2, 0.25) is 0 Å². The van der Waals surface area contributed by atoms with Crippen LogP contribution in [0.15, 0.2) is 66.9 Å². The van der Waals surface area contributed by atoms with E-state index >= 15 is 0 Å². The first kappa shape index (κ1) is 15.3. The summed E-state index contributed by atoms with van der Waals surface area (Å²) in [5.41, 5.74) is 2.28. The number of ether oxygens (including phenoxy) is 1. The zero-order chi connectivity index (χ0) is 16.2. The molecule has 118 valence electrons. The van der Waals surface area contributed by atoms with Gasteiger partial charge in [-0.15, -0.1) is 0 Å². The van der Waals surface area contributed by atoms with E-state index < -0.39 is 0 Å². The third kappa shape index (κ3) is 3.14. The molecule has 2 aromatic rings. The molecule has 1 aliphatic heterocycles. The molecule has 3 rings (SSSR count). The lowest BCUT2D eigenvalue weighted by Crippen LogP contribution is -2.31. The third-order valence-corrected chi connectivity index (χ3v) is 4.41. The Morgan fingerprint density at radius 1 is 1.09 bits per heavy atom. The molecule has 0 N–H and O–H groups in total. The van der Waals surface area contributed by atoms with Crippen molar-refractivity contribution in [3.05, 3.63) is 78.0 Å². The van der Waals surface area contributed by atoms with Crippen LogP contribution in [0.3, 0.4) is 0 Å². The van der Waals surface area contributed by atoms with Crippen molar-refractivity contribution in [3.63, 3.8) is 0 Å². The zero-order valence-electron chi connectivity index (χ0n) is 13.5. The number of hydrogen-bond donors (Lipinski definition) is 0. The Morgan fingerprint density at radius 3 is 2.52 bits per heavy atom. The molecule has 23 heavy (non-hydrogen) atoms. The summed E-state index contributed by atoms with van der Waals surface area (Å²) < 4.78 is 5.51. The van der Waals surface area contributed by atoms with Crippen LogP contribution in [0.2, 0.25) is 0 Å². The number of para-hydroxylation sites is 1. The summed E-state index contributed by atoms with van der Waals surface area (Å²) in [6, 6.07) is 18.4. The second-order valence-corrected chi connectivity index (χ2v) is 5.78. The molecule has 0 radical (unpaired) electrons. The van der Waals surface area contributed by atoms with Crippen molar-refractivity contribution < 1.29 is 9.53 Å². The predicted molar refractivity (Wildman–Crippen MR) is 91.2 cm³/mol. The summed E-state index contributed by atoms with van der Waals surface area (Å²) in [6.45, 7) is 2.16. The largest absolute Gasteiger partial charge is 0.496 e. The van der Waals surface area contributed by atoms with E-state index in [1.165, 1.54) is 5.56 Å². The van der Waals surface area contributed by atoms with Crippen LogP contribution in [0.1, 0.15) is 36.6 Å². The van der Waals surface area contributed by atoms with Crippen molar-refractivity contribution in [2.45, 2.75) is 25.4 Å². The minimum absolute atomic E-state index is 0.0149. The molecule has 0 aliphatic carbocycles. The molecule has 0 unspecified atom stereocenters. The summed E-state index contributed by atoms with van der Waals surface area (Å²) in [5, 5.41) is 0. The Morgan fingerprint density at radius 2 is 1.78 bits per heavy atom. The van der Waals surface area contributed by atoms with Gasteiger partial charge in [0.15, 0.2) is 5.78 Å². The van der Waals surface area contributed by atoms with Gasteiger partial charge < -0.3 is 9.64 Å². The maximum Gasteiger partial charge on any atom is 0.159 e. The minimum Gasteiger partial charge on any atom is -0.496 e. The molecule has 0 saturated carbocycles. The first-order valence-electron chi connectivity index (χ1n) is 7.87. The highest BCUT2D eigenvalue weighted by Crippen LogP contribution is 2.39. The first-order valence-corrected chi connectivity index (χ1v) is 7.87. The predicted octanol–water partition coefficient (Wildman–Crippen LogP) is 4.29. The Hall–Kier alpha value is -2.55. The SMILES string of the molecule is COc1ccccc1[C@H]1CC(=O)C=CN1[C@H](C)c1ccccc1. The van der Waals surface area contributed by atoms with Crippen molar-refractivity contribution in [2.24, 2.45) is 0 Å². The van der Waals surface area contributed by atoms with Crippen molar-refractivity contribution in [1.29, 1.82) is 0 Å². The van der Waals surface area contributed by atoms with Gasteiger partial charge in [-0.05, 0) is 24.6 Å². The summed E-state index contributed by atoms with van der Waals surface area (Å²) in [6.07, 6.45) is 4.06. The monoisotopic (exact) mass is 307 g/mol. The van der Waals surface area contributed by atoms with Gasteiger partial charge >= 0.3 is 0 Å². The number of methoxy groups -OCH3 is 1.